The lowest BCUT2D eigenvalue weighted by molar-refractivity contribution is -0.122. The summed E-state index contributed by atoms with van der Waals surface area (Å²) in [7, 11) is 0. The van der Waals surface area contributed by atoms with Gasteiger partial charge < -0.3 is 14.8 Å². The summed E-state index contributed by atoms with van der Waals surface area (Å²) in [5.74, 6) is 1.47. The number of carbonyl (C=O) groups excluding carboxylic acids is 1. The molecule has 1 heterocycles. The predicted octanol–water partition coefficient (Wildman–Crippen LogP) is 3.19. The lowest BCUT2D eigenvalue weighted by Crippen LogP contribution is -2.38. The predicted molar refractivity (Wildman–Crippen MR) is 79.5 cm³/mol. The van der Waals surface area contributed by atoms with Gasteiger partial charge in [-0.1, -0.05) is 26.2 Å². The molecule has 1 rings (SSSR count). The number of aliphatic hydroxyl groups is 1. The molecule has 0 aromatic carbocycles. The molecule has 4 heteroatoms. The summed E-state index contributed by atoms with van der Waals surface area (Å²) < 4.78 is 5.43. The standard InChI is InChI=1S/C16H27NO3/c1-5-6-7-8-9-15(18)17-11-16(4,19)14-10-12(2)20-13(14)3/h10,19H,5-9,11H2,1-4H3,(H,17,18). The molecule has 0 aliphatic carbocycles. The Bertz CT molecular complexity index is 435. The van der Waals surface area contributed by atoms with E-state index in [1.165, 1.54) is 6.42 Å². The lowest BCUT2D eigenvalue weighted by atomic mass is 9.96. The monoisotopic (exact) mass is 281 g/mol. The number of nitrogens with one attached hydrogen (secondary N) is 1. The first-order chi connectivity index (χ1) is 9.36. The minimum Gasteiger partial charge on any atom is -0.466 e. The molecule has 20 heavy (non-hydrogen) atoms. The van der Waals surface area contributed by atoms with Crippen LogP contribution in [0.3, 0.4) is 0 Å². The maximum atomic E-state index is 11.7. The smallest absolute Gasteiger partial charge is 0.220 e. The first kappa shape index (κ1) is 16.8. The van der Waals surface area contributed by atoms with E-state index in [0.717, 1.165) is 30.6 Å². The second kappa shape index (κ2) is 7.48. The van der Waals surface area contributed by atoms with Gasteiger partial charge in [0.05, 0.1) is 6.54 Å². The highest BCUT2D eigenvalue weighted by atomic mass is 16.3. The topological polar surface area (TPSA) is 62.5 Å². The zero-order valence-corrected chi connectivity index (χ0v) is 13.1. The second-order valence-electron chi connectivity index (χ2n) is 5.69. The van der Waals surface area contributed by atoms with E-state index in [9.17, 15) is 9.90 Å². The van der Waals surface area contributed by atoms with E-state index in [1.807, 2.05) is 19.9 Å². The first-order valence-electron chi connectivity index (χ1n) is 7.43. The Morgan fingerprint density at radius 3 is 2.60 bits per heavy atom. The molecular weight excluding hydrogens is 254 g/mol. The molecule has 0 fully saturated rings. The molecule has 1 aromatic rings. The summed E-state index contributed by atoms with van der Waals surface area (Å²) in [6.45, 7) is 7.72. The molecule has 1 aromatic heterocycles. The van der Waals surface area contributed by atoms with Gasteiger partial charge in [-0.2, -0.15) is 0 Å². The highest BCUT2D eigenvalue weighted by Gasteiger charge is 2.28. The van der Waals surface area contributed by atoms with Crippen molar-refractivity contribution >= 4 is 5.91 Å². The number of aryl methyl sites for hydroxylation is 2. The SMILES string of the molecule is CCCCCCC(=O)NCC(C)(O)c1cc(C)oc1C. The first-order valence-corrected chi connectivity index (χ1v) is 7.43. The number of furan rings is 1. The van der Waals surface area contributed by atoms with Crippen molar-refractivity contribution in [3.05, 3.63) is 23.2 Å². The summed E-state index contributed by atoms with van der Waals surface area (Å²) in [6, 6.07) is 1.82. The fraction of sp³-hybridized carbons (Fsp3) is 0.688. The molecule has 0 aliphatic heterocycles. The molecule has 114 valence electrons. The quantitative estimate of drug-likeness (QED) is 0.719. The van der Waals surface area contributed by atoms with Crippen molar-refractivity contribution in [1.29, 1.82) is 0 Å². The van der Waals surface area contributed by atoms with Gasteiger partial charge in [-0.05, 0) is 33.3 Å². The molecule has 1 atom stereocenters. The molecule has 0 spiro atoms. The number of hydrogen-bond acceptors (Lipinski definition) is 3. The molecule has 4 nitrogen and oxygen atoms in total. The Morgan fingerprint density at radius 1 is 1.35 bits per heavy atom. The van der Waals surface area contributed by atoms with Crippen molar-refractivity contribution in [2.75, 3.05) is 6.54 Å². The Labute approximate surface area is 121 Å². The van der Waals surface area contributed by atoms with Crippen LogP contribution in [0.15, 0.2) is 10.5 Å². The van der Waals surface area contributed by atoms with Crippen LogP contribution in [0.25, 0.3) is 0 Å². The molecule has 2 N–H and O–H groups in total. The van der Waals surface area contributed by atoms with Crippen molar-refractivity contribution in [3.63, 3.8) is 0 Å². The number of unbranched alkanes of at least 4 members (excludes halogenated alkanes) is 3. The Kier molecular flexibility index (Phi) is 6.27. The molecule has 0 aliphatic rings. The molecule has 0 bridgehead atoms. The number of rotatable bonds is 8. The van der Waals surface area contributed by atoms with Gasteiger partial charge in [-0.3, -0.25) is 4.79 Å². The van der Waals surface area contributed by atoms with Gasteiger partial charge in [-0.15, -0.1) is 0 Å². The average molecular weight is 281 g/mol. The van der Waals surface area contributed by atoms with Crippen LogP contribution in [0.2, 0.25) is 0 Å². The van der Waals surface area contributed by atoms with Crippen LogP contribution in [0.5, 0.6) is 0 Å². The third-order valence-corrected chi connectivity index (χ3v) is 3.51. The zero-order chi connectivity index (χ0) is 15.2. The van der Waals surface area contributed by atoms with Crippen molar-refractivity contribution in [2.45, 2.75) is 65.4 Å². The van der Waals surface area contributed by atoms with Crippen molar-refractivity contribution < 1.29 is 14.3 Å². The van der Waals surface area contributed by atoms with Crippen molar-refractivity contribution in [2.24, 2.45) is 0 Å². The van der Waals surface area contributed by atoms with Gasteiger partial charge in [0, 0.05) is 12.0 Å². The molecule has 1 amide bonds. The minimum atomic E-state index is -1.10. The largest absolute Gasteiger partial charge is 0.466 e. The number of amides is 1. The zero-order valence-electron chi connectivity index (χ0n) is 13.1. The molecule has 1 unspecified atom stereocenters. The normalized spacial score (nSPS) is 14.1. The van der Waals surface area contributed by atoms with E-state index in [-0.39, 0.29) is 12.5 Å². The van der Waals surface area contributed by atoms with E-state index < -0.39 is 5.60 Å². The Balaban J connectivity index is 2.43. The van der Waals surface area contributed by atoms with Crippen LogP contribution in [0.4, 0.5) is 0 Å². The Hall–Kier alpha value is -1.29. The Morgan fingerprint density at radius 2 is 2.05 bits per heavy atom. The van der Waals surface area contributed by atoms with Gasteiger partial charge >= 0.3 is 0 Å². The van der Waals surface area contributed by atoms with E-state index in [2.05, 4.69) is 12.2 Å². The van der Waals surface area contributed by atoms with Crippen LogP contribution in [0, 0.1) is 13.8 Å². The van der Waals surface area contributed by atoms with E-state index in [0.29, 0.717) is 12.2 Å². The number of carbonyl (C=O) groups is 1. The summed E-state index contributed by atoms with van der Waals surface area (Å²) in [5.41, 5.74) is -0.359. The summed E-state index contributed by atoms with van der Waals surface area (Å²) in [6.07, 6.45) is 4.85. The lowest BCUT2D eigenvalue weighted by Gasteiger charge is -2.23. The van der Waals surface area contributed by atoms with Gasteiger partial charge in [0.15, 0.2) is 0 Å². The summed E-state index contributed by atoms with van der Waals surface area (Å²) >= 11 is 0. The highest BCUT2D eigenvalue weighted by Crippen LogP contribution is 2.26. The van der Waals surface area contributed by atoms with Gasteiger partial charge in [0.25, 0.3) is 0 Å². The van der Waals surface area contributed by atoms with Crippen LogP contribution in [-0.4, -0.2) is 17.6 Å². The van der Waals surface area contributed by atoms with E-state index >= 15 is 0 Å². The van der Waals surface area contributed by atoms with Crippen molar-refractivity contribution in [3.8, 4) is 0 Å². The van der Waals surface area contributed by atoms with Gasteiger partial charge in [0.2, 0.25) is 5.91 Å². The molecular formula is C16H27NO3. The van der Waals surface area contributed by atoms with E-state index in [4.69, 9.17) is 4.42 Å². The van der Waals surface area contributed by atoms with Crippen LogP contribution >= 0.6 is 0 Å². The third kappa shape index (κ3) is 5.00. The van der Waals surface area contributed by atoms with Gasteiger partial charge in [0.1, 0.15) is 17.1 Å². The van der Waals surface area contributed by atoms with Crippen LogP contribution in [-0.2, 0) is 10.4 Å². The highest BCUT2D eigenvalue weighted by molar-refractivity contribution is 5.75. The molecule has 0 radical (unpaired) electrons. The fourth-order valence-electron chi connectivity index (χ4n) is 2.33. The average Bonchev–Trinajstić information content (AvgIpc) is 2.72. The van der Waals surface area contributed by atoms with Crippen molar-refractivity contribution in [1.82, 2.24) is 5.32 Å². The summed E-state index contributed by atoms with van der Waals surface area (Å²) in [5, 5.41) is 13.3. The number of hydrogen-bond donors (Lipinski definition) is 2. The summed E-state index contributed by atoms with van der Waals surface area (Å²) in [4.78, 5) is 11.7. The minimum absolute atomic E-state index is 0.000696. The molecule has 0 saturated carbocycles. The van der Waals surface area contributed by atoms with Gasteiger partial charge in [-0.25, -0.2) is 0 Å². The molecule has 0 saturated heterocycles. The van der Waals surface area contributed by atoms with E-state index in [1.54, 1.807) is 6.92 Å². The second-order valence-corrected chi connectivity index (χ2v) is 5.69. The van der Waals surface area contributed by atoms with Crippen LogP contribution in [0.1, 0.15) is 63.0 Å². The maximum absolute atomic E-state index is 11.7. The maximum Gasteiger partial charge on any atom is 0.220 e. The third-order valence-electron chi connectivity index (χ3n) is 3.51. The fourth-order valence-corrected chi connectivity index (χ4v) is 2.33. The van der Waals surface area contributed by atoms with Crippen LogP contribution < -0.4 is 5.32 Å².